The Morgan fingerprint density at radius 1 is 0.578 bits per heavy atom. The normalized spacial score (nSPS) is 12.1. The Bertz CT molecular complexity index is 2190. The van der Waals surface area contributed by atoms with Crippen molar-refractivity contribution in [2.75, 3.05) is 90.9 Å². The zero-order valence-corrected chi connectivity index (χ0v) is 48.9. The molecule has 1 aromatic rings. The number of rotatable bonds is 51. The first-order valence-electron chi connectivity index (χ1n) is 29.4. The molecule has 0 saturated carbocycles. The summed E-state index contributed by atoms with van der Waals surface area (Å²) in [5.74, 6) is -3.11. The van der Waals surface area contributed by atoms with Gasteiger partial charge in [0.15, 0.2) is 0 Å². The Labute approximate surface area is 487 Å². The van der Waals surface area contributed by atoms with Crippen LogP contribution in [0.4, 0.5) is 5.82 Å². The molecule has 0 unspecified atom stereocenters. The summed E-state index contributed by atoms with van der Waals surface area (Å²) >= 11 is 0. The van der Waals surface area contributed by atoms with Crippen molar-refractivity contribution in [3.05, 3.63) is 34.3 Å². The van der Waals surface area contributed by atoms with Gasteiger partial charge >= 0.3 is 5.97 Å². The number of nitrogens with one attached hydrogen (secondary N) is 7. The van der Waals surface area contributed by atoms with Gasteiger partial charge in [-0.1, -0.05) is 30.8 Å². The van der Waals surface area contributed by atoms with E-state index in [2.05, 4.69) is 57.4 Å². The molecule has 83 heavy (non-hydrogen) atoms. The molecule has 27 heteroatoms. The Morgan fingerprint density at radius 2 is 1.07 bits per heavy atom. The van der Waals surface area contributed by atoms with Crippen molar-refractivity contribution >= 4 is 70.5 Å². The van der Waals surface area contributed by atoms with E-state index in [4.69, 9.17) is 24.6 Å². The molecule has 1 aromatic heterocycles. The zero-order valence-electron chi connectivity index (χ0n) is 48.9. The van der Waals surface area contributed by atoms with Gasteiger partial charge in [0.2, 0.25) is 29.5 Å². The largest absolute Gasteiger partial charge is 0.379 e. The number of carbonyl (C=O) groups excluding carboxylic acids is 10. The number of hydrazone groups is 1. The van der Waals surface area contributed by atoms with Crippen molar-refractivity contribution in [3.63, 3.8) is 0 Å². The number of hydrogen-bond donors (Lipinski definition) is 7. The molecule has 464 valence electrons. The molecule has 2 rings (SSSR count). The van der Waals surface area contributed by atoms with Crippen LogP contribution in [0, 0.1) is 5.92 Å². The molecule has 0 aromatic carbocycles. The van der Waals surface area contributed by atoms with Gasteiger partial charge in [0.25, 0.3) is 17.7 Å². The topological polar surface area (TPSA) is 369 Å². The monoisotopic (exact) mass is 1170 g/mol. The molecule has 8 amide bonds. The van der Waals surface area contributed by atoms with E-state index in [1.54, 1.807) is 12.1 Å². The summed E-state index contributed by atoms with van der Waals surface area (Å²) in [5, 5.41) is 25.2. The number of ketones is 1. The van der Waals surface area contributed by atoms with E-state index in [1.165, 1.54) is 6.20 Å². The quantitative estimate of drug-likeness (QED) is 0.00864. The van der Waals surface area contributed by atoms with Crippen LogP contribution in [-0.2, 0) is 62.2 Å². The summed E-state index contributed by atoms with van der Waals surface area (Å²) in [5.41, 5.74) is 12.4. The summed E-state index contributed by atoms with van der Waals surface area (Å²) in [7, 11) is 0. The lowest BCUT2D eigenvalue weighted by Crippen LogP contribution is -2.33. The lowest BCUT2D eigenvalue weighted by atomic mass is 9.93. The minimum Gasteiger partial charge on any atom is -0.379 e. The highest BCUT2D eigenvalue weighted by Crippen LogP contribution is 2.17. The van der Waals surface area contributed by atoms with Gasteiger partial charge in [0.05, 0.1) is 32.0 Å². The number of aromatic nitrogens is 1. The zero-order chi connectivity index (χ0) is 60.6. The van der Waals surface area contributed by atoms with Crippen molar-refractivity contribution < 1.29 is 67.0 Å². The third-order valence-corrected chi connectivity index (χ3v) is 12.6. The number of anilines is 1. The van der Waals surface area contributed by atoms with Crippen molar-refractivity contribution in [2.24, 2.45) is 16.1 Å². The maximum absolute atomic E-state index is 13.4. The number of hydroxylamine groups is 2. The molecule has 2 heterocycles. The lowest BCUT2D eigenvalue weighted by molar-refractivity contribution is -0.197. The average molecular weight is 1170 g/mol. The van der Waals surface area contributed by atoms with E-state index >= 15 is 0 Å². The number of amides is 8. The minimum absolute atomic E-state index is 0.00863. The second-order valence-corrected chi connectivity index (χ2v) is 20.1. The highest BCUT2D eigenvalue weighted by Gasteiger charge is 2.32. The molecular formula is C56H91N13O14. The Balaban J connectivity index is 1.61. The lowest BCUT2D eigenvalue weighted by Gasteiger charge is -2.17. The third kappa shape index (κ3) is 39.1. The smallest absolute Gasteiger partial charge is 0.333 e. The predicted octanol–water partition coefficient (Wildman–Crippen LogP) is 4.93. The first kappa shape index (κ1) is 72.0. The highest BCUT2D eigenvalue weighted by molar-refractivity contribution is 6.01. The molecule has 1 aliphatic rings. The van der Waals surface area contributed by atoms with E-state index in [9.17, 15) is 47.9 Å². The second kappa shape index (κ2) is 47.4. The molecule has 7 N–H and O–H groups in total. The number of pyridine rings is 1. The van der Waals surface area contributed by atoms with E-state index < -0.39 is 23.7 Å². The maximum atomic E-state index is 13.4. The van der Waals surface area contributed by atoms with Crippen LogP contribution in [0.25, 0.3) is 10.4 Å². The third-order valence-electron chi connectivity index (χ3n) is 12.6. The van der Waals surface area contributed by atoms with Gasteiger partial charge in [0.1, 0.15) is 11.6 Å². The summed E-state index contributed by atoms with van der Waals surface area (Å²) in [6.45, 7) is 8.88. The number of unbranched alkanes of at least 4 members (excludes halogenated alkanes) is 7. The van der Waals surface area contributed by atoms with Crippen LogP contribution < -0.4 is 37.3 Å². The fraction of sp³-hybridized carbons (Fsp3) is 0.714. The van der Waals surface area contributed by atoms with Crippen molar-refractivity contribution in [2.45, 2.75) is 168 Å². The van der Waals surface area contributed by atoms with E-state index in [1.807, 2.05) is 13.8 Å². The number of hydrogen-bond acceptors (Lipinski definition) is 18. The van der Waals surface area contributed by atoms with Crippen LogP contribution in [0.1, 0.15) is 178 Å². The standard InChI is InChI=1S/C56H91N13O14/c1-43(2)66-67-47-24-22-45(42-64-47)56(79)62-31-12-4-7-19-48(71)58-28-10-3-6-18-49(72)59-30-13-9-17-44(41-46(70)23-25-51(74)60-29-11-5-8-21-54(77)83-69-52(75)26-27-53(69)76)55(78)63-33-16-36-81-38-40-82-39-37-80-35-15-32-61-50(73)20-14-34-65-68-57/h22,24,42,44H,3-21,23,25-41H2,1-2H3,(H,58,71)(H,59,72)(H,60,74)(H,61,73)(H,62,79)(H,63,78)(H,64,67)/t44-/m1/s1. The maximum Gasteiger partial charge on any atom is 0.333 e. The summed E-state index contributed by atoms with van der Waals surface area (Å²) in [4.78, 5) is 135. The second-order valence-electron chi connectivity index (χ2n) is 20.1. The van der Waals surface area contributed by atoms with Crippen LogP contribution in [0.3, 0.4) is 0 Å². The van der Waals surface area contributed by atoms with Crippen LogP contribution in [0.5, 0.6) is 0 Å². The Morgan fingerprint density at radius 3 is 1.61 bits per heavy atom. The van der Waals surface area contributed by atoms with Gasteiger partial charge in [-0.3, -0.25) is 48.6 Å². The molecule has 27 nitrogen and oxygen atoms in total. The van der Waals surface area contributed by atoms with Gasteiger partial charge in [-0.2, -0.15) is 5.10 Å². The molecule has 0 aliphatic carbocycles. The number of nitrogens with zero attached hydrogens (tertiary/aromatic N) is 6. The van der Waals surface area contributed by atoms with Gasteiger partial charge in [-0.25, -0.2) is 9.78 Å². The van der Waals surface area contributed by atoms with Crippen LogP contribution in [0.15, 0.2) is 28.5 Å². The average Bonchev–Trinajstić information content (AvgIpc) is 3.80. The molecule has 0 spiro atoms. The van der Waals surface area contributed by atoms with Gasteiger partial charge in [-0.15, -0.1) is 5.06 Å². The number of azide groups is 1. The number of imide groups is 1. The van der Waals surface area contributed by atoms with Gasteiger partial charge in [0, 0.05) is 140 Å². The first-order chi connectivity index (χ1) is 40.2. The number of ether oxygens (including phenoxy) is 3. The van der Waals surface area contributed by atoms with Crippen LogP contribution in [-0.4, -0.2) is 160 Å². The fourth-order valence-electron chi connectivity index (χ4n) is 7.96. The summed E-state index contributed by atoms with van der Waals surface area (Å²) in [6.07, 6.45) is 11.7. The number of Topliss-reactive ketones (excluding diaryl/α,β-unsaturated/α-hetero) is 1. The Hall–Kier alpha value is -7.09. The van der Waals surface area contributed by atoms with Crippen molar-refractivity contribution in [1.82, 2.24) is 41.9 Å². The summed E-state index contributed by atoms with van der Waals surface area (Å²) in [6, 6.07) is 3.36. The molecule has 1 fully saturated rings. The van der Waals surface area contributed by atoms with Crippen molar-refractivity contribution in [1.29, 1.82) is 0 Å². The van der Waals surface area contributed by atoms with E-state index in [-0.39, 0.29) is 86.3 Å². The number of carbonyl (C=O) groups is 10. The van der Waals surface area contributed by atoms with Gasteiger partial charge in [-0.05, 0) is 102 Å². The molecule has 1 atom stereocenters. The fourth-order valence-corrected chi connectivity index (χ4v) is 7.96. The molecule has 1 aliphatic heterocycles. The van der Waals surface area contributed by atoms with Gasteiger partial charge < -0.3 is 50.9 Å². The molecule has 0 radical (unpaired) electrons. The minimum atomic E-state index is -0.682. The SMILES string of the molecule is CC(C)=NNc1ccc(C(=O)NCCCCCC(=O)NCCCCCC(=O)NCCCC[C@H](CC(=O)CCC(=O)NCCCCCC(=O)ON2C(=O)CCC2=O)C(=O)NCCCOCCOCCOCCCNC(=O)CCCN=[N+]=[N-])cn1. The van der Waals surface area contributed by atoms with E-state index in [0.29, 0.717) is 185 Å². The predicted molar refractivity (Wildman–Crippen MR) is 308 cm³/mol. The molecule has 1 saturated heterocycles. The highest BCUT2D eigenvalue weighted by atomic mass is 16.7. The Kier molecular flexibility index (Phi) is 41.1. The van der Waals surface area contributed by atoms with Crippen LogP contribution in [0.2, 0.25) is 0 Å². The van der Waals surface area contributed by atoms with E-state index in [0.717, 1.165) is 31.4 Å². The van der Waals surface area contributed by atoms with Crippen LogP contribution >= 0.6 is 0 Å². The van der Waals surface area contributed by atoms with Crippen molar-refractivity contribution in [3.8, 4) is 0 Å². The molecular weight excluding hydrogens is 1080 g/mol. The molecule has 0 bridgehead atoms. The summed E-state index contributed by atoms with van der Waals surface area (Å²) < 4.78 is 16.7. The first-order valence-corrected chi connectivity index (χ1v) is 29.4.